The van der Waals surface area contributed by atoms with Gasteiger partial charge in [-0.15, -0.1) is 0 Å². The van der Waals surface area contributed by atoms with Crippen LogP contribution in [0, 0.1) is 62.6 Å². The third-order valence-corrected chi connectivity index (χ3v) is 17.6. The summed E-state index contributed by atoms with van der Waals surface area (Å²) in [5.41, 5.74) is -5.51. The van der Waals surface area contributed by atoms with Gasteiger partial charge in [-0.05, 0) is 149 Å². The molecule has 4 aliphatic rings. The Labute approximate surface area is 546 Å². The summed E-state index contributed by atoms with van der Waals surface area (Å²) in [4.78, 5) is 148. The molecule has 0 aromatic heterocycles. The number of Topliss-reactive ketones (excluding diaryl/α,β-unsaturated/α-hetero) is 3. The van der Waals surface area contributed by atoms with Crippen LogP contribution in [0.5, 0.6) is 0 Å². The number of ketones is 3. The van der Waals surface area contributed by atoms with Crippen LogP contribution < -0.4 is 0 Å². The molecule has 0 radical (unpaired) electrons. The van der Waals surface area contributed by atoms with Gasteiger partial charge in [-0.2, -0.15) is 5.26 Å². The molecule has 4 atom stereocenters. The molecule has 4 bridgehead atoms. The Bertz CT molecular complexity index is 2500. The molecule has 93 heavy (non-hydrogen) atoms. The van der Waals surface area contributed by atoms with Gasteiger partial charge in [-0.25, -0.2) is 4.79 Å². The SMILES string of the molecule is CCC(C)(COC(=O)CC#N)C(=O)OC1(C(C)C)C2CC3CC(C2)CC1C3.CCC(C)(COCCOC(=O)CC(C)=O)C(=O)O.CCC(C)(OC(CC(=O)O)CC(=O)O)C(=O)O.CCOC(=O)C(C)(CC)COCC(CC)(COC(=O)CC(C)=O)COC(=O)CC(C)=O. The van der Waals surface area contributed by atoms with Gasteiger partial charge < -0.3 is 63.1 Å². The van der Waals surface area contributed by atoms with E-state index in [1.807, 2.05) is 20.8 Å². The maximum absolute atomic E-state index is 13.3. The molecule has 0 saturated heterocycles. The third-order valence-electron chi connectivity index (χ3n) is 17.6. The first kappa shape index (κ1) is 86.1. The van der Waals surface area contributed by atoms with Crippen molar-refractivity contribution in [1.82, 2.24) is 0 Å². The summed E-state index contributed by atoms with van der Waals surface area (Å²) in [5.74, 6) is -5.94. The van der Waals surface area contributed by atoms with Crippen molar-refractivity contribution < 1.29 is 125 Å². The van der Waals surface area contributed by atoms with Crippen LogP contribution in [0.3, 0.4) is 0 Å². The van der Waals surface area contributed by atoms with Crippen molar-refractivity contribution in [2.45, 2.75) is 224 Å². The van der Waals surface area contributed by atoms with Crippen LogP contribution in [0.2, 0.25) is 0 Å². The number of carbonyl (C=O) groups is 13. The summed E-state index contributed by atoms with van der Waals surface area (Å²) < 4.78 is 48.0. The van der Waals surface area contributed by atoms with Gasteiger partial charge in [-0.3, -0.25) is 57.5 Å². The number of carboxylic acid groups (broad SMARTS) is 4. The smallest absolute Gasteiger partial charge is 0.335 e. The zero-order valence-corrected chi connectivity index (χ0v) is 57.4. The normalized spacial score (nSPS) is 20.1. The van der Waals surface area contributed by atoms with Gasteiger partial charge in [0.25, 0.3) is 0 Å². The zero-order chi connectivity index (χ0) is 71.7. The van der Waals surface area contributed by atoms with Crippen LogP contribution in [0.4, 0.5) is 0 Å². The minimum atomic E-state index is -1.57. The maximum atomic E-state index is 13.3. The minimum absolute atomic E-state index is 0.0194. The first-order valence-corrected chi connectivity index (χ1v) is 31.8. The van der Waals surface area contributed by atoms with Gasteiger partial charge in [0.1, 0.15) is 75.1 Å². The van der Waals surface area contributed by atoms with E-state index < -0.39 is 94.0 Å². The minimum Gasteiger partial charge on any atom is -0.481 e. The molecular formula is C66H105NO26. The highest BCUT2D eigenvalue weighted by Crippen LogP contribution is 2.62. The quantitative estimate of drug-likeness (QED) is 0.0194. The molecule has 0 spiro atoms. The number of nitrogens with zero attached hydrogens (tertiary/aromatic N) is 1. The summed E-state index contributed by atoms with van der Waals surface area (Å²) in [6.07, 6.45) is 4.55. The molecule has 27 heteroatoms. The molecule has 4 fully saturated rings. The van der Waals surface area contributed by atoms with Crippen LogP contribution in [0.25, 0.3) is 0 Å². The van der Waals surface area contributed by atoms with Crippen molar-refractivity contribution in [3.63, 3.8) is 0 Å². The lowest BCUT2D eigenvalue weighted by molar-refractivity contribution is -0.233. The topological polar surface area (TPSA) is 410 Å². The average Bonchev–Trinajstić information content (AvgIpc) is 0.720. The summed E-state index contributed by atoms with van der Waals surface area (Å²) in [7, 11) is 0. The van der Waals surface area contributed by atoms with Gasteiger partial charge in [0.05, 0.1) is 79.7 Å². The number of hydrogen-bond donors (Lipinski definition) is 4. The number of rotatable bonds is 40. The summed E-state index contributed by atoms with van der Waals surface area (Å²) >= 11 is 0. The predicted molar refractivity (Wildman–Crippen MR) is 330 cm³/mol. The lowest BCUT2D eigenvalue weighted by Gasteiger charge is -2.62. The predicted octanol–water partition coefficient (Wildman–Crippen LogP) is 8.28. The molecule has 0 heterocycles. The number of esters is 6. The van der Waals surface area contributed by atoms with Gasteiger partial charge in [-0.1, -0.05) is 48.5 Å². The van der Waals surface area contributed by atoms with Crippen molar-refractivity contribution in [3.8, 4) is 6.07 Å². The lowest BCUT2D eigenvalue weighted by atomic mass is 9.47. The highest BCUT2D eigenvalue weighted by atomic mass is 16.6. The highest BCUT2D eigenvalue weighted by Gasteiger charge is 2.61. The summed E-state index contributed by atoms with van der Waals surface area (Å²) in [6.45, 7) is 25.5. The van der Waals surface area contributed by atoms with Crippen molar-refractivity contribution in [1.29, 1.82) is 5.26 Å². The molecule has 0 aliphatic heterocycles. The molecule has 4 saturated carbocycles. The second-order valence-corrected chi connectivity index (χ2v) is 25.9. The molecule has 4 rings (SSSR count). The van der Waals surface area contributed by atoms with Crippen LogP contribution >= 0.6 is 0 Å². The molecule has 4 N–H and O–H groups in total. The van der Waals surface area contributed by atoms with Gasteiger partial charge in [0.2, 0.25) is 0 Å². The highest BCUT2D eigenvalue weighted by molar-refractivity contribution is 5.95. The Morgan fingerprint density at radius 2 is 0.925 bits per heavy atom. The number of aliphatic carboxylic acids is 4. The fraction of sp³-hybridized carbons (Fsp3) is 0.788. The lowest BCUT2D eigenvalue weighted by Crippen LogP contribution is -2.63. The number of hydrogen-bond acceptors (Lipinski definition) is 23. The second-order valence-electron chi connectivity index (χ2n) is 25.9. The van der Waals surface area contributed by atoms with Gasteiger partial charge in [0, 0.05) is 0 Å². The Balaban J connectivity index is 0.00000125. The molecule has 27 nitrogen and oxygen atoms in total. The molecular weight excluding hydrogens is 1220 g/mol. The van der Waals surface area contributed by atoms with E-state index >= 15 is 0 Å². The third kappa shape index (κ3) is 29.5. The number of carbonyl (C=O) groups excluding carboxylic acids is 9. The van der Waals surface area contributed by atoms with E-state index in [-0.39, 0.29) is 132 Å². The van der Waals surface area contributed by atoms with E-state index in [4.69, 9.17) is 68.3 Å². The van der Waals surface area contributed by atoms with Crippen molar-refractivity contribution >= 4 is 77.0 Å². The standard InChI is InChI=1S/C22H33NO4.C22H36O9.C12H20O6.C10H16O7/c1-5-21(4,13-26-19(24)6-7-23)20(25)27-22(14(2)3)17-9-15-8-16(11-17)12-18(22)10-15;1-7-21(6,20(27)29-9-3)12-28-13-22(8-2,14-30-18(25)10-16(4)23)15-31-19(26)11-17(5)24;1-4-12(3,11(15)16)8-17-5-6-18-10(14)7-9(2)13;1-3-10(2,9(15)16)17-6(4-7(11)12)5-8(13)14/h14-18H,5-6,8-13H2,1-4H3;7-15H2,1-6H3;4-8H2,1-3H3,(H,15,16);6H,3-5H2,1-2H3,(H,11,12)(H,13,14)(H,15,16). The Morgan fingerprint density at radius 3 is 1.29 bits per heavy atom. The number of carboxylic acids is 4. The van der Waals surface area contributed by atoms with E-state index in [1.165, 1.54) is 59.8 Å². The number of ether oxygens (including phenoxy) is 9. The molecule has 0 aromatic rings. The van der Waals surface area contributed by atoms with Crippen molar-refractivity contribution in [2.24, 2.45) is 51.2 Å². The van der Waals surface area contributed by atoms with Gasteiger partial charge >= 0.3 is 59.7 Å². The van der Waals surface area contributed by atoms with E-state index in [1.54, 1.807) is 47.6 Å². The first-order chi connectivity index (χ1) is 43.2. The van der Waals surface area contributed by atoms with E-state index in [2.05, 4.69) is 13.8 Å². The second kappa shape index (κ2) is 41.0. The fourth-order valence-corrected chi connectivity index (χ4v) is 10.9. The number of nitriles is 1. The van der Waals surface area contributed by atoms with Gasteiger partial charge in [0.15, 0.2) is 5.60 Å². The van der Waals surface area contributed by atoms with E-state index in [9.17, 15) is 62.3 Å². The molecule has 0 amide bonds. The summed E-state index contributed by atoms with van der Waals surface area (Å²) in [5, 5.41) is 43.7. The average molecular weight is 1330 g/mol. The monoisotopic (exact) mass is 1330 g/mol. The van der Waals surface area contributed by atoms with Crippen LogP contribution in [-0.2, 0) is 105 Å². The molecule has 530 valence electrons. The Morgan fingerprint density at radius 1 is 0.495 bits per heavy atom. The fourth-order valence-electron chi connectivity index (χ4n) is 10.9. The molecule has 4 aliphatic carbocycles. The Hall–Kier alpha value is -6.92. The van der Waals surface area contributed by atoms with E-state index in [0.29, 0.717) is 37.5 Å². The van der Waals surface area contributed by atoms with Crippen LogP contribution in [-0.4, -0.2) is 174 Å². The van der Waals surface area contributed by atoms with Crippen LogP contribution in [0.15, 0.2) is 0 Å². The largest absolute Gasteiger partial charge is 0.481 e. The summed E-state index contributed by atoms with van der Waals surface area (Å²) in [6, 6.07) is 1.78. The van der Waals surface area contributed by atoms with Crippen molar-refractivity contribution in [3.05, 3.63) is 0 Å². The van der Waals surface area contributed by atoms with Crippen molar-refractivity contribution in [2.75, 3.05) is 59.5 Å². The zero-order valence-electron chi connectivity index (χ0n) is 57.4. The Kier molecular flexibility index (Phi) is 38.0. The van der Waals surface area contributed by atoms with Crippen LogP contribution in [0.1, 0.15) is 207 Å². The van der Waals surface area contributed by atoms with E-state index in [0.717, 1.165) is 11.8 Å². The molecule has 0 aromatic carbocycles. The maximum Gasteiger partial charge on any atom is 0.335 e. The first-order valence-electron chi connectivity index (χ1n) is 31.8. The molecule has 4 unspecified atom stereocenters.